The molecule has 1 aromatic carbocycles. The summed E-state index contributed by atoms with van der Waals surface area (Å²) in [6.45, 7) is 4.79. The van der Waals surface area contributed by atoms with Crippen LogP contribution in [0.3, 0.4) is 0 Å². The third-order valence-electron chi connectivity index (χ3n) is 2.22. The summed E-state index contributed by atoms with van der Waals surface area (Å²) in [4.78, 5) is 11.6. The van der Waals surface area contributed by atoms with E-state index in [1.165, 1.54) is 0 Å². The number of hydrogen-bond acceptors (Lipinski definition) is 3. The fourth-order valence-electron chi connectivity index (χ4n) is 1.48. The van der Waals surface area contributed by atoms with Crippen LogP contribution in [0.15, 0.2) is 24.3 Å². The summed E-state index contributed by atoms with van der Waals surface area (Å²) in [7, 11) is 0. The Kier molecular flexibility index (Phi) is 4.79. The van der Waals surface area contributed by atoms with Crippen LogP contribution >= 0.6 is 0 Å². The van der Waals surface area contributed by atoms with Crippen molar-refractivity contribution in [1.29, 1.82) is 0 Å². The molecule has 4 heteroatoms. The first-order valence-corrected chi connectivity index (χ1v) is 5.44. The molecule has 0 aromatic heterocycles. The molecule has 0 saturated heterocycles. The molecule has 3 N–H and O–H groups in total. The SMILES string of the molecule is CCNC(C)CC(=O)Nc1ccccc1O. The molecule has 1 rings (SSSR count). The zero-order valence-electron chi connectivity index (χ0n) is 9.66. The molecule has 0 radical (unpaired) electrons. The van der Waals surface area contributed by atoms with Gasteiger partial charge in [0.1, 0.15) is 5.75 Å². The van der Waals surface area contributed by atoms with E-state index in [0.29, 0.717) is 12.1 Å². The number of phenols is 1. The molecular formula is C12H18N2O2. The average molecular weight is 222 g/mol. The number of rotatable bonds is 5. The van der Waals surface area contributed by atoms with Crippen LogP contribution in [0.4, 0.5) is 5.69 Å². The first kappa shape index (κ1) is 12.5. The van der Waals surface area contributed by atoms with E-state index in [1.54, 1.807) is 24.3 Å². The molecule has 1 aromatic rings. The van der Waals surface area contributed by atoms with Gasteiger partial charge in [-0.15, -0.1) is 0 Å². The molecule has 0 saturated carbocycles. The lowest BCUT2D eigenvalue weighted by atomic mass is 10.2. The number of phenolic OH excluding ortho intramolecular Hbond substituents is 1. The van der Waals surface area contributed by atoms with Crippen LogP contribution in [-0.2, 0) is 4.79 Å². The highest BCUT2D eigenvalue weighted by molar-refractivity contribution is 5.92. The van der Waals surface area contributed by atoms with Gasteiger partial charge in [-0.3, -0.25) is 4.79 Å². The number of aromatic hydroxyl groups is 1. The quantitative estimate of drug-likeness (QED) is 0.665. The van der Waals surface area contributed by atoms with Crippen molar-refractivity contribution in [2.45, 2.75) is 26.3 Å². The van der Waals surface area contributed by atoms with Crippen molar-refractivity contribution in [3.8, 4) is 5.75 Å². The summed E-state index contributed by atoms with van der Waals surface area (Å²) < 4.78 is 0. The van der Waals surface area contributed by atoms with E-state index >= 15 is 0 Å². The van der Waals surface area contributed by atoms with Crippen LogP contribution in [-0.4, -0.2) is 23.6 Å². The molecule has 4 nitrogen and oxygen atoms in total. The fourth-order valence-corrected chi connectivity index (χ4v) is 1.48. The Morgan fingerprint density at radius 2 is 2.12 bits per heavy atom. The Morgan fingerprint density at radius 3 is 2.75 bits per heavy atom. The highest BCUT2D eigenvalue weighted by Gasteiger charge is 2.09. The third-order valence-corrected chi connectivity index (χ3v) is 2.22. The summed E-state index contributed by atoms with van der Waals surface area (Å²) in [5, 5.41) is 15.3. The van der Waals surface area contributed by atoms with Gasteiger partial charge in [-0.2, -0.15) is 0 Å². The Labute approximate surface area is 95.7 Å². The zero-order valence-corrected chi connectivity index (χ0v) is 9.66. The van der Waals surface area contributed by atoms with Crippen molar-refractivity contribution >= 4 is 11.6 Å². The minimum atomic E-state index is -0.102. The van der Waals surface area contributed by atoms with Crippen molar-refractivity contribution in [2.24, 2.45) is 0 Å². The molecule has 0 aliphatic rings. The van der Waals surface area contributed by atoms with Crippen LogP contribution < -0.4 is 10.6 Å². The maximum absolute atomic E-state index is 11.6. The van der Waals surface area contributed by atoms with Crippen molar-refractivity contribution < 1.29 is 9.90 Å². The minimum Gasteiger partial charge on any atom is -0.506 e. The molecule has 0 heterocycles. The van der Waals surface area contributed by atoms with Gasteiger partial charge in [-0.05, 0) is 25.6 Å². The van der Waals surface area contributed by atoms with Crippen molar-refractivity contribution in [1.82, 2.24) is 5.32 Å². The van der Waals surface area contributed by atoms with Crippen LogP contribution in [0.1, 0.15) is 20.3 Å². The molecule has 16 heavy (non-hydrogen) atoms. The van der Waals surface area contributed by atoms with E-state index in [-0.39, 0.29) is 17.7 Å². The van der Waals surface area contributed by atoms with Gasteiger partial charge in [0, 0.05) is 12.5 Å². The smallest absolute Gasteiger partial charge is 0.226 e. The van der Waals surface area contributed by atoms with E-state index in [9.17, 15) is 9.90 Å². The lowest BCUT2D eigenvalue weighted by molar-refractivity contribution is -0.116. The Bertz CT molecular complexity index is 353. The summed E-state index contributed by atoms with van der Waals surface area (Å²) in [5.74, 6) is -0.0121. The van der Waals surface area contributed by atoms with Crippen LogP contribution in [0.25, 0.3) is 0 Å². The third kappa shape index (κ3) is 3.90. The maximum Gasteiger partial charge on any atom is 0.226 e. The fraction of sp³-hybridized carbons (Fsp3) is 0.417. The maximum atomic E-state index is 11.6. The van der Waals surface area contributed by atoms with E-state index in [2.05, 4.69) is 10.6 Å². The number of carbonyl (C=O) groups excluding carboxylic acids is 1. The lowest BCUT2D eigenvalue weighted by Crippen LogP contribution is -2.30. The second-order valence-electron chi connectivity index (χ2n) is 3.73. The molecule has 88 valence electrons. The van der Waals surface area contributed by atoms with Crippen LogP contribution in [0.5, 0.6) is 5.75 Å². The van der Waals surface area contributed by atoms with Crippen LogP contribution in [0, 0.1) is 0 Å². The Balaban J connectivity index is 2.49. The van der Waals surface area contributed by atoms with Crippen LogP contribution in [0.2, 0.25) is 0 Å². The Hall–Kier alpha value is -1.55. The lowest BCUT2D eigenvalue weighted by Gasteiger charge is -2.12. The Morgan fingerprint density at radius 1 is 1.44 bits per heavy atom. The summed E-state index contributed by atoms with van der Waals surface area (Å²) in [6.07, 6.45) is 0.391. The van der Waals surface area contributed by atoms with Gasteiger partial charge in [-0.25, -0.2) is 0 Å². The molecule has 0 spiro atoms. The number of hydrogen-bond donors (Lipinski definition) is 3. The van der Waals surface area contributed by atoms with Crippen molar-refractivity contribution in [2.75, 3.05) is 11.9 Å². The normalized spacial score (nSPS) is 12.1. The van der Waals surface area contributed by atoms with Gasteiger partial charge < -0.3 is 15.7 Å². The predicted octanol–water partition coefficient (Wildman–Crippen LogP) is 1.72. The van der Waals surface area contributed by atoms with Gasteiger partial charge >= 0.3 is 0 Å². The molecule has 1 unspecified atom stereocenters. The highest BCUT2D eigenvalue weighted by Crippen LogP contribution is 2.21. The molecule has 0 aliphatic heterocycles. The van der Waals surface area contributed by atoms with Crippen molar-refractivity contribution in [3.63, 3.8) is 0 Å². The van der Waals surface area contributed by atoms with E-state index in [4.69, 9.17) is 0 Å². The predicted molar refractivity (Wildman–Crippen MR) is 64.5 cm³/mol. The molecule has 0 fully saturated rings. The number of anilines is 1. The number of amides is 1. The van der Waals surface area contributed by atoms with Gasteiger partial charge in [0.05, 0.1) is 5.69 Å². The number of nitrogens with one attached hydrogen (secondary N) is 2. The monoisotopic (exact) mass is 222 g/mol. The standard InChI is InChI=1S/C12H18N2O2/c1-3-13-9(2)8-12(16)14-10-6-4-5-7-11(10)15/h4-7,9,13,15H,3,8H2,1-2H3,(H,14,16). The molecule has 0 bridgehead atoms. The van der Waals surface area contributed by atoms with Gasteiger partial charge in [-0.1, -0.05) is 19.1 Å². The second kappa shape index (κ2) is 6.12. The molecule has 1 atom stereocenters. The molecule has 1 amide bonds. The first-order valence-electron chi connectivity index (χ1n) is 5.44. The second-order valence-corrected chi connectivity index (χ2v) is 3.73. The van der Waals surface area contributed by atoms with Gasteiger partial charge in [0.15, 0.2) is 0 Å². The zero-order chi connectivity index (χ0) is 12.0. The van der Waals surface area contributed by atoms with E-state index in [0.717, 1.165) is 6.54 Å². The number of carbonyl (C=O) groups is 1. The average Bonchev–Trinajstić information content (AvgIpc) is 2.21. The largest absolute Gasteiger partial charge is 0.506 e. The first-order chi connectivity index (χ1) is 7.63. The summed E-state index contributed by atoms with van der Waals surface area (Å²) in [5.41, 5.74) is 0.455. The highest BCUT2D eigenvalue weighted by atomic mass is 16.3. The van der Waals surface area contributed by atoms with Crippen molar-refractivity contribution in [3.05, 3.63) is 24.3 Å². The number of para-hydroxylation sites is 2. The van der Waals surface area contributed by atoms with E-state index < -0.39 is 0 Å². The van der Waals surface area contributed by atoms with E-state index in [1.807, 2.05) is 13.8 Å². The summed E-state index contributed by atoms with van der Waals surface area (Å²) >= 11 is 0. The number of benzene rings is 1. The molecular weight excluding hydrogens is 204 g/mol. The topological polar surface area (TPSA) is 61.4 Å². The van der Waals surface area contributed by atoms with Gasteiger partial charge in [0.2, 0.25) is 5.91 Å². The summed E-state index contributed by atoms with van der Waals surface area (Å²) in [6, 6.07) is 6.83. The molecule has 0 aliphatic carbocycles. The minimum absolute atomic E-state index is 0.0898. The van der Waals surface area contributed by atoms with Gasteiger partial charge in [0.25, 0.3) is 0 Å².